The molecule has 0 amide bonds. The Morgan fingerprint density at radius 2 is 0.960 bits per heavy atom. The van der Waals surface area contributed by atoms with Gasteiger partial charge >= 0.3 is 11.9 Å². The molecule has 0 spiro atoms. The van der Waals surface area contributed by atoms with Gasteiger partial charge in [0.05, 0.1) is 51.9 Å². The van der Waals surface area contributed by atoms with Crippen molar-refractivity contribution in [1.82, 2.24) is 10.6 Å². The molecule has 0 saturated carbocycles. The number of aliphatic carboxylic acids is 2. The molecule has 14 nitrogen and oxygen atoms in total. The van der Waals surface area contributed by atoms with Gasteiger partial charge in [-0.3, -0.25) is 0 Å². The third-order valence-corrected chi connectivity index (χ3v) is 7.41. The van der Waals surface area contributed by atoms with Gasteiger partial charge in [-0.1, -0.05) is 48.5 Å². The molecule has 2 aliphatic heterocycles. The summed E-state index contributed by atoms with van der Waals surface area (Å²) in [6.07, 6.45) is 1.12. The maximum absolute atomic E-state index is 9.55. The van der Waals surface area contributed by atoms with Gasteiger partial charge in [0.15, 0.2) is 34.9 Å². The molecule has 4 aromatic carbocycles. The van der Waals surface area contributed by atoms with Gasteiger partial charge in [0.1, 0.15) is 0 Å². The van der Waals surface area contributed by atoms with Crippen molar-refractivity contribution in [2.24, 2.45) is 21.5 Å². The molecule has 4 aromatic rings. The van der Waals surface area contributed by atoms with Crippen LogP contribution in [0.1, 0.15) is 34.3 Å². The Labute approximate surface area is 288 Å². The number of nitrogens with one attached hydrogen (secondary N) is 2. The number of carboxylic acid groups (broad SMARTS) is 2. The highest BCUT2D eigenvalue weighted by molar-refractivity contribution is 5.89. The number of hydrogen-bond donors (Lipinski definition) is 6. The molecule has 14 heteroatoms. The number of para-hydroxylation sites is 2. The maximum atomic E-state index is 9.55. The Hall–Kier alpha value is -6.70. The Balaban J connectivity index is 0.000000186. The monoisotopic (exact) mass is 682 g/mol. The number of carboxylic acids is 2. The molecule has 0 bridgehead atoms. The topological polar surface area (TPSA) is 212 Å². The lowest BCUT2D eigenvalue weighted by molar-refractivity contribution is -0.134. The van der Waals surface area contributed by atoms with E-state index in [1.807, 2.05) is 84.9 Å². The van der Waals surface area contributed by atoms with Crippen molar-refractivity contribution < 1.29 is 38.7 Å². The zero-order chi connectivity index (χ0) is 36.2. The van der Waals surface area contributed by atoms with Crippen LogP contribution < -0.4 is 41.0 Å². The van der Waals surface area contributed by atoms with Gasteiger partial charge in [-0.25, -0.2) is 19.6 Å². The van der Waals surface area contributed by atoms with Gasteiger partial charge in [-0.2, -0.15) is 0 Å². The fraction of sp³-hybridized carbons (Fsp3) is 0.167. The number of methoxy groups -OCH3 is 4. The van der Waals surface area contributed by atoms with Crippen molar-refractivity contribution >= 4 is 35.2 Å². The van der Waals surface area contributed by atoms with Crippen LogP contribution in [0.3, 0.4) is 0 Å². The summed E-state index contributed by atoms with van der Waals surface area (Å²) in [6, 6.07) is 27.4. The van der Waals surface area contributed by atoms with Crippen molar-refractivity contribution in [3.8, 4) is 23.0 Å². The van der Waals surface area contributed by atoms with Gasteiger partial charge in [-0.05, 0) is 47.5 Å². The van der Waals surface area contributed by atoms with Crippen LogP contribution >= 0.6 is 0 Å². The average molecular weight is 683 g/mol. The SMILES string of the molecule is COc1ccc(C2NC(N)=Nc3ccccc32)cc1OC.COc1ccc(C2NC(N)=Nc3ccccc32)cc1OC.O=C(O)C=CC(=O)O. The highest BCUT2D eigenvalue weighted by atomic mass is 16.5. The Morgan fingerprint density at radius 3 is 1.30 bits per heavy atom. The maximum Gasteiger partial charge on any atom is 0.328 e. The number of guanidine groups is 2. The summed E-state index contributed by atoms with van der Waals surface area (Å²) in [4.78, 5) is 27.8. The number of ether oxygens (including phenoxy) is 4. The highest BCUT2D eigenvalue weighted by Gasteiger charge is 2.24. The Morgan fingerprint density at radius 1 is 0.600 bits per heavy atom. The molecule has 260 valence electrons. The number of rotatable bonds is 8. The van der Waals surface area contributed by atoms with E-state index < -0.39 is 11.9 Å². The molecule has 2 unspecified atom stereocenters. The summed E-state index contributed by atoms with van der Waals surface area (Å²) >= 11 is 0. The van der Waals surface area contributed by atoms with E-state index in [1.165, 1.54) is 0 Å². The summed E-state index contributed by atoms with van der Waals surface area (Å²) in [5.74, 6) is 1.09. The quantitative estimate of drug-likeness (QED) is 0.143. The number of nitrogens with zero attached hydrogens (tertiary/aromatic N) is 2. The number of hydrogen-bond acceptors (Lipinski definition) is 12. The molecular weight excluding hydrogens is 644 g/mol. The van der Waals surface area contributed by atoms with E-state index in [2.05, 4.69) is 20.6 Å². The highest BCUT2D eigenvalue weighted by Crippen LogP contribution is 2.38. The first-order chi connectivity index (χ1) is 24.1. The van der Waals surface area contributed by atoms with Gasteiger partial charge in [0.2, 0.25) is 0 Å². The Kier molecular flexibility index (Phi) is 12.2. The van der Waals surface area contributed by atoms with Crippen LogP contribution in [0, 0.1) is 0 Å². The van der Waals surface area contributed by atoms with E-state index in [9.17, 15) is 9.59 Å². The molecule has 2 atom stereocenters. The molecule has 0 radical (unpaired) electrons. The molecule has 0 saturated heterocycles. The van der Waals surface area contributed by atoms with Crippen LogP contribution in [-0.4, -0.2) is 62.5 Å². The first kappa shape index (κ1) is 36.1. The van der Waals surface area contributed by atoms with Crippen molar-refractivity contribution in [3.05, 3.63) is 119 Å². The molecule has 0 aliphatic carbocycles. The van der Waals surface area contributed by atoms with E-state index in [0.717, 1.165) is 33.6 Å². The van der Waals surface area contributed by atoms with E-state index >= 15 is 0 Å². The van der Waals surface area contributed by atoms with Crippen LogP contribution in [0.5, 0.6) is 23.0 Å². The van der Waals surface area contributed by atoms with Gasteiger partial charge in [0.25, 0.3) is 0 Å². The first-order valence-electron chi connectivity index (χ1n) is 15.1. The minimum absolute atomic E-state index is 0.0569. The minimum atomic E-state index is -1.26. The van der Waals surface area contributed by atoms with Gasteiger partial charge in [0, 0.05) is 23.3 Å². The zero-order valence-electron chi connectivity index (χ0n) is 27.8. The molecule has 8 N–H and O–H groups in total. The lowest BCUT2D eigenvalue weighted by Gasteiger charge is -2.26. The average Bonchev–Trinajstić information content (AvgIpc) is 3.13. The third-order valence-electron chi connectivity index (χ3n) is 7.41. The van der Waals surface area contributed by atoms with Crippen molar-refractivity contribution in [2.75, 3.05) is 28.4 Å². The molecule has 6 rings (SSSR count). The summed E-state index contributed by atoms with van der Waals surface area (Å²) in [5.41, 5.74) is 17.8. The summed E-state index contributed by atoms with van der Waals surface area (Å²) in [7, 11) is 6.49. The lowest BCUT2D eigenvalue weighted by atomic mass is 9.96. The number of fused-ring (bicyclic) bond motifs is 2. The first-order valence-corrected chi connectivity index (χ1v) is 15.1. The van der Waals surface area contributed by atoms with Crippen LogP contribution in [-0.2, 0) is 9.59 Å². The molecule has 50 heavy (non-hydrogen) atoms. The van der Waals surface area contributed by atoms with Crippen LogP contribution in [0.2, 0.25) is 0 Å². The zero-order valence-corrected chi connectivity index (χ0v) is 27.8. The van der Waals surface area contributed by atoms with E-state index in [4.69, 9.17) is 40.6 Å². The molecule has 0 aromatic heterocycles. The second-order valence-corrected chi connectivity index (χ2v) is 10.5. The standard InChI is InChI=1S/2C16H17N3O2.C4H4O4/c2*1-20-13-8-7-10(9-14(13)21-2)15-11-5-3-4-6-12(11)18-16(17)19-15;5-3(6)1-2-4(7)8/h2*3-9,15H,1-2H3,(H3,17,18,19);1-2H,(H,5,6)(H,7,8). The van der Waals surface area contributed by atoms with E-state index in [-0.39, 0.29) is 12.1 Å². The number of benzene rings is 4. The predicted octanol–water partition coefficient (Wildman–Crippen LogP) is 4.40. The van der Waals surface area contributed by atoms with Crippen molar-refractivity contribution in [3.63, 3.8) is 0 Å². The number of nitrogens with two attached hydrogens (primary N) is 2. The van der Waals surface area contributed by atoms with E-state index in [1.54, 1.807) is 28.4 Å². The van der Waals surface area contributed by atoms with Crippen molar-refractivity contribution in [1.29, 1.82) is 0 Å². The molecular formula is C36H38N6O8. The number of carbonyl (C=O) groups is 2. The van der Waals surface area contributed by atoms with Crippen molar-refractivity contribution in [2.45, 2.75) is 12.1 Å². The number of aliphatic imine (C=N–C) groups is 2. The van der Waals surface area contributed by atoms with Crippen LogP contribution in [0.25, 0.3) is 0 Å². The second kappa shape index (κ2) is 16.9. The summed E-state index contributed by atoms with van der Waals surface area (Å²) in [6.45, 7) is 0. The largest absolute Gasteiger partial charge is 0.493 e. The molecule has 0 fully saturated rings. The fourth-order valence-electron chi connectivity index (χ4n) is 5.18. The third kappa shape index (κ3) is 9.01. The molecule has 2 aliphatic rings. The fourth-order valence-corrected chi connectivity index (χ4v) is 5.18. The normalized spacial score (nSPS) is 15.4. The van der Waals surface area contributed by atoms with E-state index in [0.29, 0.717) is 47.1 Å². The van der Waals surface area contributed by atoms with Crippen LogP contribution in [0.15, 0.2) is 107 Å². The predicted molar refractivity (Wildman–Crippen MR) is 189 cm³/mol. The minimum Gasteiger partial charge on any atom is -0.493 e. The summed E-state index contributed by atoms with van der Waals surface area (Å²) in [5, 5.41) is 22.0. The summed E-state index contributed by atoms with van der Waals surface area (Å²) < 4.78 is 21.3. The second-order valence-electron chi connectivity index (χ2n) is 10.5. The Bertz CT molecular complexity index is 1790. The lowest BCUT2D eigenvalue weighted by Crippen LogP contribution is -2.37. The smallest absolute Gasteiger partial charge is 0.328 e. The van der Waals surface area contributed by atoms with Crippen LogP contribution in [0.4, 0.5) is 11.4 Å². The van der Waals surface area contributed by atoms with Gasteiger partial charge < -0.3 is 51.3 Å². The van der Waals surface area contributed by atoms with Gasteiger partial charge in [-0.15, -0.1) is 0 Å². The molecule has 2 heterocycles.